The predicted molar refractivity (Wildman–Crippen MR) is 70.8 cm³/mol. The van der Waals surface area contributed by atoms with Crippen molar-refractivity contribution in [2.45, 2.75) is 14.7 Å². The lowest BCUT2D eigenvalue weighted by molar-refractivity contribution is 0.405. The molecule has 1 nitrogen and oxygen atoms in total. The summed E-state index contributed by atoms with van der Waals surface area (Å²) in [6.45, 7) is 0. The molecule has 0 heterocycles. The van der Waals surface area contributed by atoms with Gasteiger partial charge in [0.25, 0.3) is 0 Å². The van der Waals surface area contributed by atoms with Gasteiger partial charge in [0.15, 0.2) is 0 Å². The van der Waals surface area contributed by atoms with Gasteiger partial charge in [0.1, 0.15) is 5.75 Å². The molecular formula is C13H12OS2. The molecule has 0 radical (unpaired) electrons. The van der Waals surface area contributed by atoms with Crippen molar-refractivity contribution in [3.05, 3.63) is 48.5 Å². The molecule has 2 aromatic carbocycles. The lowest BCUT2D eigenvalue weighted by atomic mass is 10.3. The van der Waals surface area contributed by atoms with E-state index in [9.17, 15) is 0 Å². The number of para-hydroxylation sites is 1. The average molecular weight is 248 g/mol. The van der Waals surface area contributed by atoms with Crippen LogP contribution < -0.4 is 4.74 Å². The summed E-state index contributed by atoms with van der Waals surface area (Å²) in [6.07, 6.45) is 0. The Labute approximate surface area is 105 Å². The van der Waals surface area contributed by atoms with E-state index in [4.69, 9.17) is 4.74 Å². The highest BCUT2D eigenvalue weighted by atomic mass is 32.2. The van der Waals surface area contributed by atoms with Crippen LogP contribution in [0.1, 0.15) is 0 Å². The van der Waals surface area contributed by atoms with Crippen LogP contribution in [0, 0.1) is 0 Å². The Morgan fingerprint density at radius 3 is 2.38 bits per heavy atom. The van der Waals surface area contributed by atoms with Crippen molar-refractivity contribution in [3.63, 3.8) is 0 Å². The Morgan fingerprint density at radius 1 is 1.00 bits per heavy atom. The molecule has 0 bridgehead atoms. The topological polar surface area (TPSA) is 9.23 Å². The minimum atomic E-state index is 0.905. The first-order valence-corrected chi connectivity index (χ1v) is 6.16. The maximum Gasteiger partial charge on any atom is 0.132 e. The highest BCUT2D eigenvalue weighted by Gasteiger charge is 2.03. The molecule has 0 spiro atoms. The quantitative estimate of drug-likeness (QED) is 0.818. The largest absolute Gasteiger partial charge is 0.496 e. The maximum absolute atomic E-state index is 5.31. The number of methoxy groups -OCH3 is 1. The molecule has 0 unspecified atom stereocenters. The summed E-state index contributed by atoms with van der Waals surface area (Å²) in [7, 11) is 1.69. The van der Waals surface area contributed by atoms with Crippen LogP contribution in [0.2, 0.25) is 0 Å². The Kier molecular flexibility index (Phi) is 3.80. The molecule has 0 saturated heterocycles. The second kappa shape index (κ2) is 5.32. The molecular weight excluding hydrogens is 236 g/mol. The van der Waals surface area contributed by atoms with E-state index in [1.807, 2.05) is 30.3 Å². The lowest BCUT2D eigenvalue weighted by Crippen LogP contribution is -1.84. The van der Waals surface area contributed by atoms with E-state index in [0.717, 1.165) is 15.5 Å². The van der Waals surface area contributed by atoms with Crippen molar-refractivity contribution in [3.8, 4) is 5.75 Å². The molecule has 0 saturated carbocycles. The van der Waals surface area contributed by atoms with Crippen molar-refractivity contribution >= 4 is 24.4 Å². The Balaban J connectivity index is 2.23. The van der Waals surface area contributed by atoms with Gasteiger partial charge >= 0.3 is 0 Å². The number of thiol groups is 1. The van der Waals surface area contributed by atoms with Gasteiger partial charge in [0.2, 0.25) is 0 Å². The van der Waals surface area contributed by atoms with Gasteiger partial charge in [-0.25, -0.2) is 0 Å². The SMILES string of the molecule is COc1ccccc1Sc1ccc(S)cc1. The number of benzene rings is 2. The molecule has 0 aliphatic heterocycles. The normalized spacial score (nSPS) is 10.1. The van der Waals surface area contributed by atoms with Crippen molar-refractivity contribution in [1.82, 2.24) is 0 Å². The number of hydrogen-bond donors (Lipinski definition) is 1. The monoisotopic (exact) mass is 248 g/mol. The van der Waals surface area contributed by atoms with Gasteiger partial charge in [-0.1, -0.05) is 23.9 Å². The highest BCUT2D eigenvalue weighted by Crippen LogP contribution is 2.34. The smallest absolute Gasteiger partial charge is 0.132 e. The fraction of sp³-hybridized carbons (Fsp3) is 0.0769. The van der Waals surface area contributed by atoms with Crippen LogP contribution in [-0.4, -0.2) is 7.11 Å². The highest BCUT2D eigenvalue weighted by molar-refractivity contribution is 7.99. The van der Waals surface area contributed by atoms with E-state index in [1.165, 1.54) is 4.90 Å². The van der Waals surface area contributed by atoms with Gasteiger partial charge in [-0.15, -0.1) is 12.6 Å². The first-order valence-electron chi connectivity index (χ1n) is 4.89. The minimum absolute atomic E-state index is 0.905. The third-order valence-electron chi connectivity index (χ3n) is 2.13. The van der Waals surface area contributed by atoms with E-state index in [1.54, 1.807) is 18.9 Å². The molecule has 0 fully saturated rings. The first-order chi connectivity index (χ1) is 7.79. The molecule has 0 aromatic heterocycles. The minimum Gasteiger partial charge on any atom is -0.496 e. The number of rotatable bonds is 3. The molecule has 2 aromatic rings. The van der Waals surface area contributed by atoms with Crippen LogP contribution in [0.25, 0.3) is 0 Å². The molecule has 0 aliphatic rings. The number of ether oxygens (including phenoxy) is 1. The third kappa shape index (κ3) is 2.74. The second-order valence-electron chi connectivity index (χ2n) is 3.25. The zero-order valence-electron chi connectivity index (χ0n) is 8.88. The Morgan fingerprint density at radius 2 is 1.69 bits per heavy atom. The summed E-state index contributed by atoms with van der Waals surface area (Å²) >= 11 is 5.95. The molecule has 2 rings (SSSR count). The van der Waals surface area contributed by atoms with E-state index < -0.39 is 0 Å². The van der Waals surface area contributed by atoms with E-state index in [2.05, 4.69) is 30.8 Å². The van der Waals surface area contributed by atoms with Gasteiger partial charge in [0, 0.05) is 9.79 Å². The Bertz CT molecular complexity index is 466. The average Bonchev–Trinajstić information content (AvgIpc) is 2.33. The summed E-state index contributed by atoms with van der Waals surface area (Å²) in [5.74, 6) is 0.905. The first kappa shape index (κ1) is 11.4. The zero-order valence-corrected chi connectivity index (χ0v) is 10.6. The van der Waals surface area contributed by atoms with Gasteiger partial charge in [0.05, 0.1) is 12.0 Å². The van der Waals surface area contributed by atoms with Crippen molar-refractivity contribution in [2.24, 2.45) is 0 Å². The van der Waals surface area contributed by atoms with Gasteiger partial charge in [-0.2, -0.15) is 0 Å². The summed E-state index contributed by atoms with van der Waals surface area (Å²) in [5, 5.41) is 0. The fourth-order valence-corrected chi connectivity index (χ4v) is 2.42. The van der Waals surface area contributed by atoms with Crippen molar-refractivity contribution < 1.29 is 4.74 Å². The molecule has 82 valence electrons. The van der Waals surface area contributed by atoms with Crippen LogP contribution in [-0.2, 0) is 0 Å². The summed E-state index contributed by atoms with van der Waals surface area (Å²) in [4.78, 5) is 3.28. The summed E-state index contributed by atoms with van der Waals surface area (Å²) in [5.41, 5.74) is 0. The molecule has 0 aliphatic carbocycles. The molecule has 0 atom stereocenters. The Hall–Kier alpha value is -1.06. The third-order valence-corrected chi connectivity index (χ3v) is 3.50. The zero-order chi connectivity index (χ0) is 11.4. The summed E-state index contributed by atoms with van der Waals surface area (Å²) in [6, 6.07) is 16.1. The maximum atomic E-state index is 5.31. The lowest BCUT2D eigenvalue weighted by Gasteiger charge is -2.07. The van der Waals surface area contributed by atoms with Crippen LogP contribution >= 0.6 is 24.4 Å². The van der Waals surface area contributed by atoms with E-state index in [-0.39, 0.29) is 0 Å². The van der Waals surface area contributed by atoms with Crippen molar-refractivity contribution in [2.75, 3.05) is 7.11 Å². The molecule has 0 amide bonds. The molecule has 16 heavy (non-hydrogen) atoms. The second-order valence-corrected chi connectivity index (χ2v) is 4.88. The van der Waals surface area contributed by atoms with Crippen LogP contribution in [0.15, 0.2) is 63.2 Å². The van der Waals surface area contributed by atoms with Crippen LogP contribution in [0.5, 0.6) is 5.75 Å². The molecule has 3 heteroatoms. The van der Waals surface area contributed by atoms with Crippen LogP contribution in [0.4, 0.5) is 0 Å². The summed E-state index contributed by atoms with van der Waals surface area (Å²) < 4.78 is 5.31. The number of hydrogen-bond acceptors (Lipinski definition) is 3. The van der Waals surface area contributed by atoms with Crippen molar-refractivity contribution in [1.29, 1.82) is 0 Å². The predicted octanol–water partition coefficient (Wildman–Crippen LogP) is 4.14. The van der Waals surface area contributed by atoms with E-state index in [0.29, 0.717) is 0 Å². The van der Waals surface area contributed by atoms with Gasteiger partial charge in [-0.3, -0.25) is 0 Å². The van der Waals surface area contributed by atoms with E-state index >= 15 is 0 Å². The standard InChI is InChI=1S/C13H12OS2/c1-14-12-4-2-3-5-13(12)16-11-8-6-10(15)7-9-11/h2-9,15H,1H3. The molecule has 0 N–H and O–H groups in total. The fourth-order valence-electron chi connectivity index (χ4n) is 1.34. The van der Waals surface area contributed by atoms with Gasteiger partial charge < -0.3 is 4.74 Å². The van der Waals surface area contributed by atoms with Crippen LogP contribution in [0.3, 0.4) is 0 Å². The van der Waals surface area contributed by atoms with Gasteiger partial charge in [-0.05, 0) is 36.4 Å².